The summed E-state index contributed by atoms with van der Waals surface area (Å²) in [6.45, 7) is 7.05. The second-order valence-electron chi connectivity index (χ2n) is 4.75. The monoisotopic (exact) mass is 244 g/mol. The number of carbonyl (C=O) groups excluding carboxylic acids is 3. The number of nitrogens with one attached hydrogen (secondary N) is 3. The highest BCUT2D eigenvalue weighted by molar-refractivity contribution is 5.94. The summed E-state index contributed by atoms with van der Waals surface area (Å²) in [4.78, 5) is 33.0. The zero-order valence-electron chi connectivity index (χ0n) is 10.6. The fraction of sp³-hybridized carbons (Fsp3) is 0.700. The molecule has 7 heteroatoms. The third-order valence-corrected chi connectivity index (χ3v) is 1.72. The maximum absolute atomic E-state index is 11.6. The number of urea groups is 1. The summed E-state index contributed by atoms with van der Waals surface area (Å²) in [5, 5.41) is 7.33. The number of rotatable bonds is 4. The van der Waals surface area contributed by atoms with Crippen molar-refractivity contribution >= 4 is 17.8 Å². The van der Waals surface area contributed by atoms with E-state index in [0.29, 0.717) is 0 Å². The van der Waals surface area contributed by atoms with Gasteiger partial charge in [0.15, 0.2) is 0 Å². The van der Waals surface area contributed by atoms with Crippen molar-refractivity contribution in [3.05, 3.63) is 0 Å². The maximum Gasteiger partial charge on any atom is 0.318 e. The van der Waals surface area contributed by atoms with E-state index in [4.69, 9.17) is 5.73 Å². The quantitative estimate of drug-likeness (QED) is 0.512. The summed E-state index contributed by atoms with van der Waals surface area (Å²) in [5.74, 6) is -0.794. The van der Waals surface area contributed by atoms with Gasteiger partial charge in [-0.2, -0.15) is 0 Å². The molecule has 0 radical (unpaired) electrons. The second-order valence-corrected chi connectivity index (χ2v) is 4.75. The van der Waals surface area contributed by atoms with Crippen LogP contribution in [0.1, 0.15) is 27.7 Å². The smallest absolute Gasteiger partial charge is 0.318 e. The molecule has 0 aliphatic carbocycles. The van der Waals surface area contributed by atoms with Crippen molar-refractivity contribution in [3.8, 4) is 0 Å². The third kappa shape index (κ3) is 8.21. The molecule has 0 aliphatic heterocycles. The van der Waals surface area contributed by atoms with Crippen LogP contribution in [0.5, 0.6) is 0 Å². The first-order chi connectivity index (χ1) is 7.61. The van der Waals surface area contributed by atoms with Crippen LogP contribution in [-0.2, 0) is 9.59 Å². The lowest BCUT2D eigenvalue weighted by atomic mass is 10.1. The summed E-state index contributed by atoms with van der Waals surface area (Å²) in [5.41, 5.74) is 4.43. The van der Waals surface area contributed by atoms with Crippen LogP contribution >= 0.6 is 0 Å². The summed E-state index contributed by atoms with van der Waals surface area (Å²) >= 11 is 0. The number of carbonyl (C=O) groups is 3. The van der Waals surface area contributed by atoms with Gasteiger partial charge in [0.1, 0.15) is 0 Å². The Morgan fingerprint density at radius 2 is 1.76 bits per heavy atom. The Balaban J connectivity index is 4.01. The van der Waals surface area contributed by atoms with E-state index in [1.807, 2.05) is 26.1 Å². The zero-order valence-corrected chi connectivity index (χ0v) is 10.6. The van der Waals surface area contributed by atoms with Crippen LogP contribution in [0.4, 0.5) is 4.79 Å². The molecule has 0 aromatic rings. The predicted molar refractivity (Wildman–Crippen MR) is 63.1 cm³/mol. The Morgan fingerprint density at radius 3 is 2.18 bits per heavy atom. The Labute approximate surface area is 100 Å². The van der Waals surface area contributed by atoms with Gasteiger partial charge in [-0.3, -0.25) is 20.2 Å². The van der Waals surface area contributed by atoms with Gasteiger partial charge in [0.05, 0.1) is 12.6 Å². The van der Waals surface area contributed by atoms with Crippen LogP contribution in [0.15, 0.2) is 0 Å². The van der Waals surface area contributed by atoms with Crippen molar-refractivity contribution in [2.24, 2.45) is 5.73 Å². The van der Waals surface area contributed by atoms with E-state index in [1.54, 1.807) is 6.92 Å². The Kier molecular flexibility index (Phi) is 5.60. The molecule has 7 nitrogen and oxygen atoms in total. The molecule has 0 rings (SSSR count). The molecular weight excluding hydrogens is 224 g/mol. The molecule has 0 saturated heterocycles. The van der Waals surface area contributed by atoms with E-state index in [9.17, 15) is 14.4 Å². The van der Waals surface area contributed by atoms with Crippen LogP contribution in [0.2, 0.25) is 0 Å². The number of hydrogen-bond donors (Lipinski definition) is 4. The average molecular weight is 244 g/mol. The highest BCUT2D eigenvalue weighted by Crippen LogP contribution is 1.99. The predicted octanol–water partition coefficient (Wildman–Crippen LogP) is -0.926. The minimum atomic E-state index is -0.913. The molecule has 0 spiro atoms. The molecule has 0 aromatic heterocycles. The molecule has 0 fully saturated rings. The molecule has 4 amide bonds. The molecule has 0 saturated carbocycles. The first kappa shape index (κ1) is 15.4. The van der Waals surface area contributed by atoms with Crippen molar-refractivity contribution in [2.75, 3.05) is 6.54 Å². The minimum absolute atomic E-state index is 0.151. The largest absolute Gasteiger partial charge is 0.351 e. The fourth-order valence-electron chi connectivity index (χ4n) is 0.998. The van der Waals surface area contributed by atoms with Gasteiger partial charge in [-0.1, -0.05) is 0 Å². The lowest BCUT2D eigenvalue weighted by molar-refractivity contribution is -0.124. The van der Waals surface area contributed by atoms with Crippen molar-refractivity contribution in [3.63, 3.8) is 0 Å². The lowest BCUT2D eigenvalue weighted by Crippen LogP contribution is -2.51. The van der Waals surface area contributed by atoms with E-state index in [-0.39, 0.29) is 18.0 Å². The molecule has 0 heterocycles. The summed E-state index contributed by atoms with van der Waals surface area (Å²) in [7, 11) is 0. The average Bonchev–Trinajstić information content (AvgIpc) is 2.10. The fourth-order valence-corrected chi connectivity index (χ4v) is 0.998. The number of primary amides is 1. The molecular formula is C10H20N4O3. The van der Waals surface area contributed by atoms with Crippen LogP contribution in [-0.4, -0.2) is 36.0 Å². The first-order valence-corrected chi connectivity index (χ1v) is 5.26. The van der Waals surface area contributed by atoms with Gasteiger partial charge in [-0.25, -0.2) is 4.79 Å². The van der Waals surface area contributed by atoms with Crippen LogP contribution in [0.25, 0.3) is 0 Å². The van der Waals surface area contributed by atoms with Crippen molar-refractivity contribution in [1.29, 1.82) is 0 Å². The van der Waals surface area contributed by atoms with Crippen molar-refractivity contribution in [2.45, 2.75) is 39.3 Å². The number of amides is 4. The highest BCUT2D eigenvalue weighted by atomic mass is 16.2. The van der Waals surface area contributed by atoms with Crippen molar-refractivity contribution in [1.82, 2.24) is 16.0 Å². The standard InChI is InChI=1S/C10H20N4O3/c1-6(8(16)14-10(2,3)4)12-5-7(15)13-9(11)17/h6,12H,5H2,1-4H3,(H,14,16)(H3,11,13,15,17). The Bertz CT molecular complexity index is 309. The van der Waals surface area contributed by atoms with E-state index in [1.165, 1.54) is 0 Å². The Hall–Kier alpha value is -1.63. The third-order valence-electron chi connectivity index (χ3n) is 1.72. The second kappa shape index (κ2) is 6.19. The first-order valence-electron chi connectivity index (χ1n) is 5.26. The molecule has 1 unspecified atom stereocenters. The summed E-state index contributed by atoms with van der Waals surface area (Å²) < 4.78 is 0. The van der Waals surface area contributed by atoms with E-state index >= 15 is 0 Å². The van der Waals surface area contributed by atoms with E-state index in [0.717, 1.165) is 0 Å². The zero-order chi connectivity index (χ0) is 13.6. The molecule has 98 valence electrons. The van der Waals surface area contributed by atoms with Gasteiger partial charge in [-0.15, -0.1) is 0 Å². The van der Waals surface area contributed by atoms with Crippen molar-refractivity contribution < 1.29 is 14.4 Å². The lowest BCUT2D eigenvalue weighted by Gasteiger charge is -2.23. The molecule has 0 bridgehead atoms. The van der Waals surface area contributed by atoms with Gasteiger partial charge in [0.25, 0.3) is 0 Å². The molecule has 5 N–H and O–H groups in total. The summed E-state index contributed by atoms with van der Waals surface area (Å²) in [6.07, 6.45) is 0. The molecule has 17 heavy (non-hydrogen) atoms. The molecule has 0 aliphatic rings. The minimum Gasteiger partial charge on any atom is -0.351 e. The van der Waals surface area contributed by atoms with Crippen LogP contribution in [0.3, 0.4) is 0 Å². The topological polar surface area (TPSA) is 113 Å². The van der Waals surface area contributed by atoms with Crippen LogP contribution < -0.4 is 21.7 Å². The number of imide groups is 1. The van der Waals surface area contributed by atoms with Gasteiger partial charge in [0.2, 0.25) is 11.8 Å². The number of nitrogens with two attached hydrogens (primary N) is 1. The molecule has 1 atom stereocenters. The van der Waals surface area contributed by atoms with Gasteiger partial charge in [0, 0.05) is 5.54 Å². The van der Waals surface area contributed by atoms with Crippen LogP contribution in [0, 0.1) is 0 Å². The SMILES string of the molecule is CC(NCC(=O)NC(N)=O)C(=O)NC(C)(C)C. The Morgan fingerprint density at radius 1 is 1.24 bits per heavy atom. The normalized spacial score (nSPS) is 12.7. The van der Waals surface area contributed by atoms with Gasteiger partial charge < -0.3 is 11.1 Å². The van der Waals surface area contributed by atoms with Gasteiger partial charge in [-0.05, 0) is 27.7 Å². The highest BCUT2D eigenvalue weighted by Gasteiger charge is 2.19. The van der Waals surface area contributed by atoms with E-state index in [2.05, 4.69) is 10.6 Å². The van der Waals surface area contributed by atoms with Gasteiger partial charge >= 0.3 is 6.03 Å². The summed E-state index contributed by atoms with van der Waals surface area (Å²) in [6, 6.07) is -1.45. The molecule has 0 aromatic carbocycles. The number of hydrogen-bond acceptors (Lipinski definition) is 4. The van der Waals surface area contributed by atoms with E-state index < -0.39 is 18.0 Å². The maximum atomic E-state index is 11.6.